The molecule has 3 aromatic rings. The lowest BCUT2D eigenvalue weighted by Crippen LogP contribution is -2.51. The van der Waals surface area contributed by atoms with Crippen molar-refractivity contribution in [2.75, 3.05) is 39.9 Å². The van der Waals surface area contributed by atoms with Gasteiger partial charge in [0.05, 0.1) is 36.0 Å². The molecule has 2 aromatic heterocycles. The molecule has 42 heavy (non-hydrogen) atoms. The van der Waals surface area contributed by atoms with E-state index in [1.807, 2.05) is 62.7 Å². The second-order valence-electron chi connectivity index (χ2n) is 11.6. The van der Waals surface area contributed by atoms with Crippen LogP contribution in [-0.2, 0) is 21.3 Å². The number of hydrogen-bond donors (Lipinski definition) is 1. The fourth-order valence-electron chi connectivity index (χ4n) is 5.58. The van der Waals surface area contributed by atoms with Gasteiger partial charge in [-0.05, 0) is 67.3 Å². The summed E-state index contributed by atoms with van der Waals surface area (Å²) in [5, 5.41) is 3.74. The molecule has 2 unspecified atom stereocenters. The van der Waals surface area contributed by atoms with Crippen molar-refractivity contribution in [3.05, 3.63) is 82.2 Å². The molecule has 1 fully saturated rings. The maximum atomic E-state index is 12.9. The highest BCUT2D eigenvalue weighted by Gasteiger charge is 2.36. The molecule has 1 aromatic carbocycles. The third kappa shape index (κ3) is 6.35. The summed E-state index contributed by atoms with van der Waals surface area (Å²) in [6.45, 7) is 7.87. The van der Waals surface area contributed by atoms with E-state index < -0.39 is 11.6 Å². The van der Waals surface area contributed by atoms with Crippen LogP contribution in [0.4, 0.5) is 4.79 Å². The van der Waals surface area contributed by atoms with Gasteiger partial charge in [-0.3, -0.25) is 14.7 Å². The number of fused-ring (bicyclic) bond motifs is 2. The Balaban J connectivity index is 1.58. The number of halogens is 1. The van der Waals surface area contributed by atoms with E-state index in [0.717, 1.165) is 33.7 Å². The number of rotatable bonds is 6. The van der Waals surface area contributed by atoms with Gasteiger partial charge in [0.1, 0.15) is 12.2 Å². The number of hydrogen-bond acceptors (Lipinski definition) is 7. The average Bonchev–Trinajstić information content (AvgIpc) is 3.31. The largest absolute Gasteiger partial charge is 0.444 e. The fraction of sp³-hybridized carbons (Fsp3) is 0.419. The summed E-state index contributed by atoms with van der Waals surface area (Å²) < 4.78 is 12.6. The lowest BCUT2D eigenvalue weighted by atomic mass is 9.89. The Morgan fingerprint density at radius 1 is 1.17 bits per heavy atom. The molecule has 5 rings (SSSR count). The Morgan fingerprint density at radius 3 is 2.60 bits per heavy atom. The van der Waals surface area contributed by atoms with Crippen LogP contribution in [0.15, 0.2) is 49.1 Å². The van der Waals surface area contributed by atoms with Crippen molar-refractivity contribution in [3.8, 4) is 0 Å². The molecule has 2 aliphatic rings. The normalized spacial score (nSPS) is 17.9. The third-order valence-electron chi connectivity index (χ3n) is 7.43. The van der Waals surface area contributed by atoms with Crippen molar-refractivity contribution in [2.24, 2.45) is 7.05 Å². The smallest absolute Gasteiger partial charge is 0.410 e. The molecule has 1 aliphatic heterocycles. The van der Waals surface area contributed by atoms with E-state index >= 15 is 0 Å². The number of ether oxygens (including phenoxy) is 2. The van der Waals surface area contributed by atoms with Crippen LogP contribution in [0, 0.1) is 0 Å². The van der Waals surface area contributed by atoms with Gasteiger partial charge < -0.3 is 24.3 Å². The molecule has 10 nitrogen and oxygen atoms in total. The summed E-state index contributed by atoms with van der Waals surface area (Å²) >= 11 is 6.62. The molecule has 0 radical (unpaired) electrons. The number of aromatic nitrogens is 3. The number of aryl methyl sites for hydroxylation is 1. The van der Waals surface area contributed by atoms with Crippen molar-refractivity contribution in [1.82, 2.24) is 29.7 Å². The quantitative estimate of drug-likeness (QED) is 0.451. The van der Waals surface area contributed by atoms with Gasteiger partial charge in [-0.25, -0.2) is 9.78 Å². The number of pyridine rings is 1. The monoisotopic (exact) mass is 592 g/mol. The molecule has 0 spiro atoms. The second-order valence-corrected chi connectivity index (χ2v) is 12.0. The molecule has 0 bridgehead atoms. The lowest BCUT2D eigenvalue weighted by molar-refractivity contribution is -0.125. The zero-order valence-corrected chi connectivity index (χ0v) is 25.4. The number of piperazine rings is 1. The van der Waals surface area contributed by atoms with E-state index in [1.165, 1.54) is 7.11 Å². The summed E-state index contributed by atoms with van der Waals surface area (Å²) in [6, 6.07) is 9.09. The Kier molecular flexibility index (Phi) is 8.68. The van der Waals surface area contributed by atoms with Gasteiger partial charge in [-0.2, -0.15) is 0 Å². The molecule has 11 heteroatoms. The number of carbonyl (C=O) groups is 2. The molecule has 3 heterocycles. The van der Waals surface area contributed by atoms with Crippen LogP contribution in [0.25, 0.3) is 11.6 Å². The maximum Gasteiger partial charge on any atom is 0.410 e. The van der Waals surface area contributed by atoms with E-state index in [0.29, 0.717) is 31.2 Å². The van der Waals surface area contributed by atoms with Gasteiger partial charge in [0.25, 0.3) is 0 Å². The minimum atomic E-state index is -0.554. The molecule has 1 N–H and O–H groups in total. The van der Waals surface area contributed by atoms with Gasteiger partial charge in [0, 0.05) is 51.6 Å². The number of benzene rings is 1. The molecule has 222 valence electrons. The molecule has 2 atom stereocenters. The van der Waals surface area contributed by atoms with E-state index in [-0.39, 0.29) is 24.6 Å². The van der Waals surface area contributed by atoms with Gasteiger partial charge in [-0.15, -0.1) is 0 Å². The third-order valence-corrected chi connectivity index (χ3v) is 7.67. The number of amides is 2. The first kappa shape index (κ1) is 29.8. The highest BCUT2D eigenvalue weighted by atomic mass is 35.5. The van der Waals surface area contributed by atoms with Crippen LogP contribution in [0.2, 0.25) is 5.02 Å². The Labute approximate surface area is 251 Å². The van der Waals surface area contributed by atoms with Crippen molar-refractivity contribution >= 4 is 35.3 Å². The lowest BCUT2D eigenvalue weighted by Gasteiger charge is -2.40. The second kappa shape index (κ2) is 12.2. The maximum absolute atomic E-state index is 12.9. The zero-order chi connectivity index (χ0) is 30.0. The number of nitrogens with one attached hydrogen (secondary N) is 1. The standard InChI is InChI=1S/C31H37ClN6O4/c1-31(2,3)42-30(40)38-13-11-37(12-14-38)29-22-9-8-21(32)16-23(22)24(15-20-7-6-10-34-27(20)29)28(35-26(39)18-41-5)25-17-33-19-36(25)4/h6-10,15-17,19,28-29H,11-14,18H2,1-5H3,(H,35,39). The molecule has 0 saturated carbocycles. The Hall–Kier alpha value is -3.73. The molecule has 1 saturated heterocycles. The predicted molar refractivity (Wildman–Crippen MR) is 161 cm³/mol. The van der Waals surface area contributed by atoms with Crippen LogP contribution in [0.5, 0.6) is 0 Å². The topological polar surface area (TPSA) is 102 Å². The van der Waals surface area contributed by atoms with Crippen LogP contribution in [-0.4, -0.2) is 81.8 Å². The van der Waals surface area contributed by atoms with E-state index in [2.05, 4.69) is 21.3 Å². The Morgan fingerprint density at radius 2 is 1.93 bits per heavy atom. The zero-order valence-electron chi connectivity index (χ0n) is 24.6. The first-order valence-corrected chi connectivity index (χ1v) is 14.4. The number of nitrogens with zero attached hydrogens (tertiary/aromatic N) is 5. The van der Waals surface area contributed by atoms with Gasteiger partial charge in [-0.1, -0.05) is 23.7 Å². The number of carbonyl (C=O) groups excluding carboxylic acids is 2. The van der Waals surface area contributed by atoms with Crippen LogP contribution < -0.4 is 5.32 Å². The van der Waals surface area contributed by atoms with Crippen molar-refractivity contribution in [2.45, 2.75) is 38.5 Å². The van der Waals surface area contributed by atoms with Crippen LogP contribution in [0.3, 0.4) is 0 Å². The predicted octanol–water partition coefficient (Wildman–Crippen LogP) is 4.47. The van der Waals surface area contributed by atoms with Crippen molar-refractivity contribution in [1.29, 1.82) is 0 Å². The van der Waals surface area contributed by atoms with Crippen LogP contribution >= 0.6 is 11.6 Å². The molecular weight excluding hydrogens is 556 g/mol. The average molecular weight is 593 g/mol. The number of imidazole rings is 1. The molecule has 1 aliphatic carbocycles. The van der Waals surface area contributed by atoms with Gasteiger partial charge in [0.2, 0.25) is 5.91 Å². The Bertz CT molecular complexity index is 1490. The van der Waals surface area contributed by atoms with E-state index in [4.69, 9.17) is 26.1 Å². The molecule has 2 amide bonds. The minimum Gasteiger partial charge on any atom is -0.444 e. The van der Waals surface area contributed by atoms with Crippen molar-refractivity contribution < 1.29 is 19.1 Å². The summed E-state index contributed by atoms with van der Waals surface area (Å²) in [5.41, 5.74) is 4.88. The van der Waals surface area contributed by atoms with E-state index in [9.17, 15) is 9.59 Å². The summed E-state index contributed by atoms with van der Waals surface area (Å²) in [7, 11) is 3.39. The van der Waals surface area contributed by atoms with Gasteiger partial charge >= 0.3 is 6.09 Å². The van der Waals surface area contributed by atoms with Crippen molar-refractivity contribution in [3.63, 3.8) is 0 Å². The summed E-state index contributed by atoms with van der Waals surface area (Å²) in [4.78, 5) is 39.0. The first-order chi connectivity index (χ1) is 20.1. The minimum absolute atomic E-state index is 0.0767. The number of methoxy groups -OCH3 is 1. The highest BCUT2D eigenvalue weighted by Crippen LogP contribution is 2.44. The summed E-state index contributed by atoms with van der Waals surface area (Å²) in [5.74, 6) is -0.251. The van der Waals surface area contributed by atoms with Crippen LogP contribution in [0.1, 0.15) is 60.9 Å². The van der Waals surface area contributed by atoms with E-state index in [1.54, 1.807) is 23.6 Å². The fourth-order valence-corrected chi connectivity index (χ4v) is 5.75. The van der Waals surface area contributed by atoms with Gasteiger partial charge in [0.15, 0.2) is 0 Å². The SMILES string of the molecule is COCC(=O)NC(C1=Cc2cccnc2C(N2CCN(C(=O)OC(C)(C)C)CC2)c2ccc(Cl)cc21)c1cncn1C. The first-order valence-electron chi connectivity index (χ1n) is 14.0. The molecular formula is C31H37ClN6O4. The summed E-state index contributed by atoms with van der Waals surface area (Å²) in [6.07, 6.45) is 7.05. The highest BCUT2D eigenvalue weighted by molar-refractivity contribution is 6.30.